The third-order valence-corrected chi connectivity index (χ3v) is 4.17. The highest BCUT2D eigenvalue weighted by atomic mass is 16.5. The Kier molecular flexibility index (Phi) is 5.61. The molecule has 0 saturated carbocycles. The van der Waals surface area contributed by atoms with E-state index in [9.17, 15) is 4.79 Å². The Morgan fingerprint density at radius 2 is 1.56 bits per heavy atom. The number of hydrogen-bond donors (Lipinski definition) is 1. The van der Waals surface area contributed by atoms with Crippen molar-refractivity contribution in [1.29, 1.82) is 0 Å². The van der Waals surface area contributed by atoms with Crippen LogP contribution in [0.3, 0.4) is 0 Å². The molecule has 0 aliphatic heterocycles. The molecule has 0 atom stereocenters. The van der Waals surface area contributed by atoms with Crippen molar-refractivity contribution < 1.29 is 19.0 Å². The van der Waals surface area contributed by atoms with Gasteiger partial charge in [0.05, 0.1) is 21.3 Å². The van der Waals surface area contributed by atoms with E-state index in [-0.39, 0.29) is 5.91 Å². The van der Waals surface area contributed by atoms with Crippen molar-refractivity contribution in [3.05, 3.63) is 66.2 Å². The van der Waals surface area contributed by atoms with Crippen LogP contribution >= 0.6 is 0 Å². The third-order valence-electron chi connectivity index (χ3n) is 4.17. The number of methoxy groups -OCH3 is 3. The van der Waals surface area contributed by atoms with Crippen molar-refractivity contribution in [2.75, 3.05) is 26.6 Å². The van der Waals surface area contributed by atoms with Crippen LogP contribution in [0.15, 0.2) is 60.7 Å². The summed E-state index contributed by atoms with van der Waals surface area (Å²) in [7, 11) is 4.60. The number of carbonyl (C=O) groups is 1. The summed E-state index contributed by atoms with van der Waals surface area (Å²) in [6, 6.07) is 17.4. The van der Waals surface area contributed by atoms with Crippen LogP contribution in [0.4, 0.5) is 5.69 Å². The lowest BCUT2D eigenvalue weighted by molar-refractivity contribution is -0.111. The summed E-state index contributed by atoms with van der Waals surface area (Å²) in [5.74, 6) is 1.18. The van der Waals surface area contributed by atoms with Crippen LogP contribution in [0.25, 0.3) is 16.8 Å². The monoisotopic (exact) mass is 363 g/mol. The predicted molar refractivity (Wildman–Crippen MR) is 108 cm³/mol. The van der Waals surface area contributed by atoms with Crippen molar-refractivity contribution in [1.82, 2.24) is 0 Å². The molecule has 5 heteroatoms. The van der Waals surface area contributed by atoms with Gasteiger partial charge < -0.3 is 19.5 Å². The number of nitrogens with one attached hydrogen (secondary N) is 1. The summed E-state index contributed by atoms with van der Waals surface area (Å²) < 4.78 is 15.9. The van der Waals surface area contributed by atoms with Gasteiger partial charge in [-0.15, -0.1) is 0 Å². The Morgan fingerprint density at radius 3 is 2.22 bits per heavy atom. The second kappa shape index (κ2) is 8.27. The number of benzene rings is 3. The van der Waals surface area contributed by atoms with Crippen LogP contribution in [-0.4, -0.2) is 27.2 Å². The van der Waals surface area contributed by atoms with Crippen molar-refractivity contribution in [2.24, 2.45) is 0 Å². The van der Waals surface area contributed by atoms with Gasteiger partial charge in [-0.05, 0) is 22.4 Å². The predicted octanol–water partition coefficient (Wildman–Crippen LogP) is 4.52. The lowest BCUT2D eigenvalue weighted by Gasteiger charge is -2.14. The minimum absolute atomic E-state index is 0.253. The number of carbonyl (C=O) groups excluding carboxylic acids is 1. The topological polar surface area (TPSA) is 56.8 Å². The van der Waals surface area contributed by atoms with E-state index < -0.39 is 0 Å². The van der Waals surface area contributed by atoms with E-state index >= 15 is 0 Å². The maximum Gasteiger partial charge on any atom is 0.248 e. The van der Waals surface area contributed by atoms with E-state index in [1.54, 1.807) is 18.2 Å². The standard InChI is InChI=1S/C22H21NO4/c1-25-19-13-17(14-20(26-2)22(19)27-3)23-21(24)12-11-16-9-6-8-15-7-4-5-10-18(15)16/h4-14H,1-3H3,(H,23,24)/b12-11+. The Hall–Kier alpha value is -3.47. The lowest BCUT2D eigenvalue weighted by Crippen LogP contribution is -2.08. The Labute approximate surface area is 158 Å². The van der Waals surface area contributed by atoms with Gasteiger partial charge in [-0.1, -0.05) is 42.5 Å². The molecule has 27 heavy (non-hydrogen) atoms. The first-order valence-electron chi connectivity index (χ1n) is 8.43. The van der Waals surface area contributed by atoms with Gasteiger partial charge in [-0.3, -0.25) is 4.79 Å². The van der Waals surface area contributed by atoms with Crippen molar-refractivity contribution >= 4 is 28.4 Å². The average molecular weight is 363 g/mol. The number of fused-ring (bicyclic) bond motifs is 1. The number of hydrogen-bond acceptors (Lipinski definition) is 4. The van der Waals surface area contributed by atoms with Crippen molar-refractivity contribution in [3.63, 3.8) is 0 Å². The van der Waals surface area contributed by atoms with E-state index in [0.717, 1.165) is 16.3 Å². The fourth-order valence-electron chi connectivity index (χ4n) is 2.90. The zero-order valence-electron chi connectivity index (χ0n) is 15.5. The van der Waals surface area contributed by atoms with Crippen LogP contribution < -0.4 is 19.5 Å². The van der Waals surface area contributed by atoms with E-state index in [2.05, 4.69) is 5.32 Å². The van der Waals surface area contributed by atoms with Crippen molar-refractivity contribution in [3.8, 4) is 17.2 Å². The molecule has 0 bridgehead atoms. The SMILES string of the molecule is COc1cc(NC(=O)/C=C/c2cccc3ccccc23)cc(OC)c1OC. The quantitative estimate of drug-likeness (QED) is 0.654. The van der Waals surface area contributed by atoms with Crippen LogP contribution in [0.5, 0.6) is 17.2 Å². The fraction of sp³-hybridized carbons (Fsp3) is 0.136. The van der Waals surface area contributed by atoms with E-state index in [0.29, 0.717) is 22.9 Å². The Balaban J connectivity index is 1.82. The summed E-state index contributed by atoms with van der Waals surface area (Å²) in [5.41, 5.74) is 1.53. The number of rotatable bonds is 6. The first kappa shape index (κ1) is 18.3. The Bertz CT molecular complexity index is 964. The highest BCUT2D eigenvalue weighted by Crippen LogP contribution is 2.39. The van der Waals surface area contributed by atoms with Gasteiger partial charge >= 0.3 is 0 Å². The first-order valence-corrected chi connectivity index (χ1v) is 8.43. The maximum atomic E-state index is 12.4. The minimum Gasteiger partial charge on any atom is -0.493 e. The molecule has 0 radical (unpaired) electrons. The van der Waals surface area contributed by atoms with Crippen LogP contribution in [-0.2, 0) is 4.79 Å². The summed E-state index contributed by atoms with van der Waals surface area (Å²) in [6.07, 6.45) is 3.31. The summed E-state index contributed by atoms with van der Waals surface area (Å²) >= 11 is 0. The second-order valence-electron chi connectivity index (χ2n) is 5.80. The van der Waals surface area contributed by atoms with Gasteiger partial charge in [-0.25, -0.2) is 0 Å². The first-order chi connectivity index (χ1) is 13.2. The molecule has 3 aromatic rings. The normalized spacial score (nSPS) is 10.8. The van der Waals surface area contributed by atoms with E-state index in [1.807, 2.05) is 42.5 Å². The molecule has 0 saturated heterocycles. The van der Waals surface area contributed by atoms with Crippen LogP contribution in [0.2, 0.25) is 0 Å². The Morgan fingerprint density at radius 1 is 0.889 bits per heavy atom. The van der Waals surface area contributed by atoms with Gasteiger partial charge in [0.15, 0.2) is 11.5 Å². The molecule has 0 fully saturated rings. The number of ether oxygens (including phenoxy) is 3. The third kappa shape index (κ3) is 4.03. The molecule has 3 aromatic carbocycles. The molecule has 0 unspecified atom stereocenters. The molecular weight excluding hydrogens is 342 g/mol. The fourth-order valence-corrected chi connectivity index (χ4v) is 2.90. The zero-order valence-corrected chi connectivity index (χ0v) is 15.5. The molecule has 0 aliphatic rings. The van der Waals surface area contributed by atoms with E-state index in [4.69, 9.17) is 14.2 Å². The molecule has 0 aromatic heterocycles. The molecule has 5 nitrogen and oxygen atoms in total. The zero-order chi connectivity index (χ0) is 19.2. The van der Waals surface area contributed by atoms with Crippen LogP contribution in [0.1, 0.15) is 5.56 Å². The largest absolute Gasteiger partial charge is 0.493 e. The number of amides is 1. The van der Waals surface area contributed by atoms with E-state index in [1.165, 1.54) is 27.4 Å². The van der Waals surface area contributed by atoms with Gasteiger partial charge in [0.2, 0.25) is 11.7 Å². The molecule has 0 heterocycles. The minimum atomic E-state index is -0.253. The van der Waals surface area contributed by atoms with Gasteiger partial charge in [0.1, 0.15) is 0 Å². The second-order valence-corrected chi connectivity index (χ2v) is 5.80. The summed E-state index contributed by atoms with van der Waals surface area (Å²) in [5, 5.41) is 5.04. The van der Waals surface area contributed by atoms with Gasteiger partial charge in [0.25, 0.3) is 0 Å². The van der Waals surface area contributed by atoms with Gasteiger partial charge in [-0.2, -0.15) is 0 Å². The van der Waals surface area contributed by atoms with Gasteiger partial charge in [0, 0.05) is 23.9 Å². The smallest absolute Gasteiger partial charge is 0.248 e. The molecule has 3 rings (SSSR count). The highest BCUT2D eigenvalue weighted by molar-refractivity contribution is 6.03. The molecule has 1 amide bonds. The summed E-state index contributed by atoms with van der Waals surface area (Å²) in [6.45, 7) is 0. The number of anilines is 1. The average Bonchev–Trinajstić information content (AvgIpc) is 2.71. The van der Waals surface area contributed by atoms with Crippen LogP contribution in [0, 0.1) is 0 Å². The molecule has 138 valence electrons. The maximum absolute atomic E-state index is 12.4. The molecule has 0 spiro atoms. The molecule has 1 N–H and O–H groups in total. The lowest BCUT2D eigenvalue weighted by atomic mass is 10.0. The van der Waals surface area contributed by atoms with Crippen molar-refractivity contribution in [2.45, 2.75) is 0 Å². The molecular formula is C22H21NO4. The highest BCUT2D eigenvalue weighted by Gasteiger charge is 2.13. The summed E-state index contributed by atoms with van der Waals surface area (Å²) in [4.78, 5) is 12.4. The molecule has 0 aliphatic carbocycles.